The number of likely N-dealkylation sites (tertiary alicyclic amines) is 1. The third-order valence-corrected chi connectivity index (χ3v) is 5.57. The molecule has 1 unspecified atom stereocenters. The topological polar surface area (TPSA) is 86.3 Å². The van der Waals surface area contributed by atoms with Crippen molar-refractivity contribution in [1.29, 1.82) is 0 Å². The van der Waals surface area contributed by atoms with Gasteiger partial charge in [-0.05, 0) is 39.2 Å². The van der Waals surface area contributed by atoms with Gasteiger partial charge in [0.25, 0.3) is 0 Å². The Morgan fingerprint density at radius 2 is 2.04 bits per heavy atom. The number of ether oxygens (including phenoxy) is 1. The summed E-state index contributed by atoms with van der Waals surface area (Å²) in [7, 11) is 0. The summed E-state index contributed by atoms with van der Waals surface area (Å²) in [5.41, 5.74) is 2.07. The van der Waals surface area contributed by atoms with E-state index in [-0.39, 0.29) is 11.8 Å². The molecule has 2 aromatic heterocycles. The zero-order valence-electron chi connectivity index (χ0n) is 16.1. The monoisotopic (exact) mass is 373 g/mol. The van der Waals surface area contributed by atoms with Crippen LogP contribution in [0.5, 0.6) is 0 Å². The van der Waals surface area contributed by atoms with E-state index >= 15 is 0 Å². The summed E-state index contributed by atoms with van der Waals surface area (Å²) in [5.74, 6) is 2.10. The molecular weight excluding hydrogens is 346 g/mol. The summed E-state index contributed by atoms with van der Waals surface area (Å²) >= 11 is 0. The highest BCUT2D eigenvalue weighted by atomic mass is 16.5. The summed E-state index contributed by atoms with van der Waals surface area (Å²) in [6.45, 7) is 7.53. The fourth-order valence-electron chi connectivity index (χ4n) is 3.98. The predicted molar refractivity (Wildman–Crippen MR) is 97.3 cm³/mol. The molecule has 0 aromatic carbocycles. The Hall–Kier alpha value is -2.22. The highest BCUT2D eigenvalue weighted by Gasteiger charge is 2.32. The molecule has 1 atom stereocenters. The van der Waals surface area contributed by atoms with E-state index in [9.17, 15) is 4.79 Å². The summed E-state index contributed by atoms with van der Waals surface area (Å²) in [4.78, 5) is 19.1. The fourth-order valence-corrected chi connectivity index (χ4v) is 3.98. The number of hydrogen-bond acceptors (Lipinski definition) is 6. The van der Waals surface area contributed by atoms with Gasteiger partial charge in [-0.1, -0.05) is 5.16 Å². The molecule has 2 saturated heterocycles. The van der Waals surface area contributed by atoms with Gasteiger partial charge in [0.15, 0.2) is 5.82 Å². The second kappa shape index (κ2) is 7.80. The third-order valence-electron chi connectivity index (χ3n) is 5.57. The predicted octanol–water partition coefficient (Wildman–Crippen LogP) is 2.18. The van der Waals surface area contributed by atoms with Crippen LogP contribution in [0.25, 0.3) is 0 Å². The lowest BCUT2D eigenvalue weighted by Gasteiger charge is -2.18. The summed E-state index contributed by atoms with van der Waals surface area (Å²) in [5, 5.41) is 8.61. The number of nitrogens with zero attached hydrogens (tertiary/aromatic N) is 5. The van der Waals surface area contributed by atoms with Crippen LogP contribution in [0.2, 0.25) is 0 Å². The molecule has 2 aliphatic rings. The van der Waals surface area contributed by atoms with Gasteiger partial charge in [-0.2, -0.15) is 10.1 Å². The van der Waals surface area contributed by atoms with Gasteiger partial charge < -0.3 is 14.2 Å². The van der Waals surface area contributed by atoms with Crippen molar-refractivity contribution in [3.05, 3.63) is 29.2 Å². The second-order valence-electron chi connectivity index (χ2n) is 7.60. The average molecular weight is 373 g/mol. The molecule has 1 amide bonds. The van der Waals surface area contributed by atoms with Crippen LogP contribution >= 0.6 is 0 Å². The lowest BCUT2D eigenvalue weighted by atomic mass is 10.00. The molecule has 4 rings (SSSR count). The molecular formula is C19H27N5O3. The van der Waals surface area contributed by atoms with Gasteiger partial charge in [-0.15, -0.1) is 0 Å². The molecule has 0 N–H and O–H groups in total. The fraction of sp³-hybridized carbons (Fsp3) is 0.684. The quantitative estimate of drug-likeness (QED) is 0.798. The molecule has 2 aliphatic heterocycles. The molecule has 8 heteroatoms. The molecule has 146 valence electrons. The summed E-state index contributed by atoms with van der Waals surface area (Å²) in [6, 6.07) is 2.03. The minimum absolute atomic E-state index is 0.142. The molecule has 0 radical (unpaired) electrons. The van der Waals surface area contributed by atoms with Gasteiger partial charge in [0.2, 0.25) is 11.8 Å². The van der Waals surface area contributed by atoms with Crippen LogP contribution in [-0.4, -0.2) is 57.0 Å². The Labute approximate surface area is 158 Å². The van der Waals surface area contributed by atoms with Crippen molar-refractivity contribution in [3.63, 3.8) is 0 Å². The normalized spacial score (nSPS) is 21.1. The van der Waals surface area contributed by atoms with E-state index in [2.05, 4.69) is 15.2 Å². The van der Waals surface area contributed by atoms with Crippen molar-refractivity contribution in [2.45, 2.75) is 57.9 Å². The molecule has 0 bridgehead atoms. The smallest absolute Gasteiger partial charge is 0.231 e. The van der Waals surface area contributed by atoms with Gasteiger partial charge >= 0.3 is 0 Å². The van der Waals surface area contributed by atoms with E-state index in [4.69, 9.17) is 9.26 Å². The van der Waals surface area contributed by atoms with Crippen LogP contribution in [0.1, 0.15) is 60.6 Å². The van der Waals surface area contributed by atoms with E-state index < -0.39 is 0 Å². The number of rotatable bonds is 5. The number of carbonyl (C=O) groups excluding carboxylic acids is 1. The van der Waals surface area contributed by atoms with Crippen LogP contribution in [0, 0.1) is 13.8 Å². The van der Waals surface area contributed by atoms with Crippen LogP contribution in [0.15, 0.2) is 10.6 Å². The molecule has 0 aliphatic carbocycles. The van der Waals surface area contributed by atoms with E-state index in [1.54, 1.807) is 0 Å². The zero-order chi connectivity index (χ0) is 18.8. The molecule has 27 heavy (non-hydrogen) atoms. The summed E-state index contributed by atoms with van der Waals surface area (Å²) in [6.07, 6.45) is 3.23. The zero-order valence-corrected chi connectivity index (χ0v) is 16.1. The standard InChI is InChI=1S/C19H27N5O3/c1-13-11-14(2)24(21-13)8-4-17(25)23-7-3-16(12-23)19-20-18(22-27-19)15-5-9-26-10-6-15/h11,15-16H,3-10,12H2,1-2H3. The summed E-state index contributed by atoms with van der Waals surface area (Å²) < 4.78 is 12.8. The SMILES string of the molecule is Cc1cc(C)n(CCC(=O)N2CCC(c3nc(C4CCOCC4)no3)C2)n1. The van der Waals surface area contributed by atoms with Crippen LogP contribution in [-0.2, 0) is 16.1 Å². The van der Waals surface area contributed by atoms with Gasteiger partial charge in [0, 0.05) is 50.9 Å². The lowest BCUT2D eigenvalue weighted by molar-refractivity contribution is -0.130. The van der Waals surface area contributed by atoms with Gasteiger partial charge in [0.05, 0.1) is 11.6 Å². The van der Waals surface area contributed by atoms with E-state index in [1.807, 2.05) is 29.5 Å². The number of aryl methyl sites for hydroxylation is 3. The Balaban J connectivity index is 1.31. The Morgan fingerprint density at radius 1 is 1.22 bits per heavy atom. The second-order valence-corrected chi connectivity index (χ2v) is 7.60. The lowest BCUT2D eigenvalue weighted by Crippen LogP contribution is -2.29. The van der Waals surface area contributed by atoms with Crippen LogP contribution in [0.3, 0.4) is 0 Å². The number of amides is 1. The largest absolute Gasteiger partial charge is 0.381 e. The van der Waals surface area contributed by atoms with Crippen molar-refractivity contribution < 1.29 is 14.1 Å². The van der Waals surface area contributed by atoms with Crippen molar-refractivity contribution in [1.82, 2.24) is 24.8 Å². The first-order valence-corrected chi connectivity index (χ1v) is 9.80. The first kappa shape index (κ1) is 18.2. The minimum atomic E-state index is 0.142. The van der Waals surface area contributed by atoms with Gasteiger partial charge in [-0.25, -0.2) is 0 Å². The van der Waals surface area contributed by atoms with Gasteiger partial charge in [0.1, 0.15) is 0 Å². The maximum absolute atomic E-state index is 12.6. The van der Waals surface area contributed by atoms with E-state index in [1.165, 1.54) is 0 Å². The molecule has 2 fully saturated rings. The average Bonchev–Trinajstić information content (AvgIpc) is 3.40. The van der Waals surface area contributed by atoms with Crippen molar-refractivity contribution >= 4 is 5.91 Å². The first-order valence-electron chi connectivity index (χ1n) is 9.80. The van der Waals surface area contributed by atoms with Gasteiger partial charge in [-0.3, -0.25) is 9.48 Å². The van der Waals surface area contributed by atoms with Crippen LogP contribution in [0.4, 0.5) is 0 Å². The molecule has 4 heterocycles. The van der Waals surface area contributed by atoms with Crippen molar-refractivity contribution in [2.24, 2.45) is 0 Å². The van der Waals surface area contributed by atoms with Crippen molar-refractivity contribution in [3.8, 4) is 0 Å². The molecule has 0 spiro atoms. The Bertz CT molecular complexity index is 793. The Morgan fingerprint density at radius 3 is 2.78 bits per heavy atom. The highest BCUT2D eigenvalue weighted by molar-refractivity contribution is 5.76. The van der Waals surface area contributed by atoms with Crippen LogP contribution < -0.4 is 0 Å². The third kappa shape index (κ3) is 4.05. The minimum Gasteiger partial charge on any atom is -0.381 e. The molecule has 8 nitrogen and oxygen atoms in total. The first-order chi connectivity index (χ1) is 13.1. The number of aromatic nitrogens is 4. The highest BCUT2D eigenvalue weighted by Crippen LogP contribution is 2.30. The van der Waals surface area contributed by atoms with E-state index in [0.717, 1.165) is 56.2 Å². The number of carbonyl (C=O) groups is 1. The maximum Gasteiger partial charge on any atom is 0.231 e. The van der Waals surface area contributed by atoms with E-state index in [0.29, 0.717) is 31.3 Å². The molecule has 0 saturated carbocycles. The van der Waals surface area contributed by atoms with Crippen molar-refractivity contribution in [2.75, 3.05) is 26.3 Å². The number of hydrogen-bond donors (Lipinski definition) is 0. The maximum atomic E-state index is 12.6. The molecule has 2 aromatic rings. The Kier molecular flexibility index (Phi) is 5.24.